The van der Waals surface area contributed by atoms with Gasteiger partial charge in [-0.15, -0.1) is 11.3 Å². The molecule has 9 nitrogen and oxygen atoms in total. The summed E-state index contributed by atoms with van der Waals surface area (Å²) < 4.78 is 4.83. The number of benzene rings is 1. The van der Waals surface area contributed by atoms with Gasteiger partial charge in [-0.2, -0.15) is 0 Å². The Hall–Kier alpha value is -3.05. The number of hydrogen-bond acceptors (Lipinski definition) is 7. The van der Waals surface area contributed by atoms with Crippen molar-refractivity contribution in [1.82, 2.24) is 4.90 Å². The average molecular weight is 437 g/mol. The minimum atomic E-state index is -0.604. The van der Waals surface area contributed by atoms with Crippen LogP contribution in [0.15, 0.2) is 18.2 Å². The largest absolute Gasteiger partial charge is 0.465 e. The van der Waals surface area contributed by atoms with Crippen molar-refractivity contribution in [2.45, 2.75) is 13.8 Å². The van der Waals surface area contributed by atoms with E-state index >= 15 is 0 Å². The van der Waals surface area contributed by atoms with E-state index in [1.54, 1.807) is 40.1 Å². The minimum absolute atomic E-state index is 0.0427. The van der Waals surface area contributed by atoms with E-state index in [2.05, 4.69) is 10.6 Å². The van der Waals surface area contributed by atoms with E-state index in [-0.39, 0.29) is 22.3 Å². The number of anilines is 2. The second-order valence-corrected chi connectivity index (χ2v) is 7.72. The number of thiophene rings is 1. The van der Waals surface area contributed by atoms with Gasteiger partial charge in [-0.25, -0.2) is 4.79 Å². The van der Waals surface area contributed by atoms with Crippen molar-refractivity contribution < 1.29 is 19.2 Å². The fourth-order valence-electron chi connectivity index (χ4n) is 2.51. The van der Waals surface area contributed by atoms with Gasteiger partial charge in [0, 0.05) is 31.4 Å². The van der Waals surface area contributed by atoms with Crippen LogP contribution in [0.1, 0.15) is 31.2 Å². The predicted octanol–water partition coefficient (Wildman–Crippen LogP) is 3.57. The number of nitro benzene ring substituents is 1. The number of hydrogen-bond donors (Lipinski definition) is 2. The van der Waals surface area contributed by atoms with E-state index in [0.29, 0.717) is 26.7 Å². The molecule has 1 amide bonds. The number of thiocarbonyl (C=S) groups is 1. The summed E-state index contributed by atoms with van der Waals surface area (Å²) >= 11 is 6.36. The SMILES string of the molecule is COC(=O)c1c(NC(=S)Nc2ccc(C)c([N+](=O)[O-])c2)sc(C(=O)N(C)C)c1C. The molecule has 0 fully saturated rings. The summed E-state index contributed by atoms with van der Waals surface area (Å²) in [5.74, 6) is -0.855. The second-order valence-electron chi connectivity index (χ2n) is 6.29. The summed E-state index contributed by atoms with van der Waals surface area (Å²) in [6, 6.07) is 4.62. The second kappa shape index (κ2) is 8.97. The first-order valence-corrected chi connectivity index (χ1v) is 9.55. The molecule has 0 aliphatic carbocycles. The molecule has 1 heterocycles. The molecular weight excluding hydrogens is 416 g/mol. The Kier molecular flexibility index (Phi) is 6.88. The van der Waals surface area contributed by atoms with Crippen molar-refractivity contribution in [1.29, 1.82) is 0 Å². The van der Waals surface area contributed by atoms with Crippen LogP contribution < -0.4 is 10.6 Å². The normalized spacial score (nSPS) is 10.2. The number of nitrogens with one attached hydrogen (secondary N) is 2. The van der Waals surface area contributed by atoms with Crippen molar-refractivity contribution >= 4 is 56.9 Å². The molecule has 0 bridgehead atoms. The van der Waals surface area contributed by atoms with Crippen LogP contribution in [0.3, 0.4) is 0 Å². The van der Waals surface area contributed by atoms with Gasteiger partial charge in [0.05, 0.1) is 22.5 Å². The fraction of sp³-hybridized carbons (Fsp3) is 0.278. The van der Waals surface area contributed by atoms with Crippen molar-refractivity contribution in [2.75, 3.05) is 31.8 Å². The van der Waals surface area contributed by atoms with Gasteiger partial charge in [-0.1, -0.05) is 6.07 Å². The molecule has 0 aliphatic rings. The molecule has 154 valence electrons. The van der Waals surface area contributed by atoms with E-state index in [1.807, 2.05) is 0 Å². The topological polar surface area (TPSA) is 114 Å². The number of nitro groups is 1. The summed E-state index contributed by atoms with van der Waals surface area (Å²) in [4.78, 5) is 37.1. The number of nitrogens with zero attached hydrogens (tertiary/aromatic N) is 2. The lowest BCUT2D eigenvalue weighted by atomic mass is 10.1. The van der Waals surface area contributed by atoms with Gasteiger partial charge in [0.15, 0.2) is 5.11 Å². The molecule has 2 rings (SSSR count). The number of aryl methyl sites for hydroxylation is 1. The third-order valence-corrected chi connectivity index (χ3v) is 5.43. The smallest absolute Gasteiger partial charge is 0.341 e. The highest BCUT2D eigenvalue weighted by Crippen LogP contribution is 2.34. The Morgan fingerprint density at radius 2 is 1.90 bits per heavy atom. The van der Waals surface area contributed by atoms with Crippen molar-refractivity contribution in [3.05, 3.63) is 49.9 Å². The Labute approximate surface area is 176 Å². The Balaban J connectivity index is 2.33. The fourth-order valence-corrected chi connectivity index (χ4v) is 4.01. The molecule has 2 aromatic rings. The molecule has 0 saturated carbocycles. The summed E-state index contributed by atoms with van der Waals surface area (Å²) in [5.41, 5.74) is 1.59. The summed E-state index contributed by atoms with van der Waals surface area (Å²) in [6.07, 6.45) is 0. The number of esters is 1. The van der Waals surface area contributed by atoms with Crippen molar-refractivity contribution in [3.8, 4) is 0 Å². The molecule has 2 N–H and O–H groups in total. The van der Waals surface area contributed by atoms with Crippen LogP contribution in [0.25, 0.3) is 0 Å². The standard InChI is InChI=1S/C18H20N4O5S2/c1-9-6-7-11(8-12(9)22(25)26)19-18(28)20-15-13(17(24)27-5)10(2)14(29-15)16(23)21(3)4/h6-8H,1-5H3,(H2,19,20,28). The molecule has 0 unspecified atom stereocenters. The van der Waals surface area contributed by atoms with Crippen LogP contribution >= 0.6 is 23.6 Å². The summed E-state index contributed by atoms with van der Waals surface area (Å²) in [6.45, 7) is 3.29. The number of carbonyl (C=O) groups excluding carboxylic acids is 2. The molecule has 29 heavy (non-hydrogen) atoms. The zero-order valence-corrected chi connectivity index (χ0v) is 18.1. The zero-order valence-electron chi connectivity index (χ0n) is 16.5. The maximum absolute atomic E-state index is 12.4. The summed E-state index contributed by atoms with van der Waals surface area (Å²) in [5, 5.41) is 17.3. The Bertz CT molecular complexity index is 1000. The van der Waals surface area contributed by atoms with Crippen molar-refractivity contribution in [3.63, 3.8) is 0 Å². The number of rotatable bonds is 5. The monoisotopic (exact) mass is 436 g/mol. The van der Waals surface area contributed by atoms with Gasteiger partial charge in [-0.3, -0.25) is 14.9 Å². The maximum atomic E-state index is 12.4. The van der Waals surface area contributed by atoms with E-state index in [9.17, 15) is 19.7 Å². The van der Waals surface area contributed by atoms with Gasteiger partial charge in [-0.05, 0) is 37.7 Å². The van der Waals surface area contributed by atoms with Gasteiger partial charge < -0.3 is 20.3 Å². The maximum Gasteiger partial charge on any atom is 0.341 e. The van der Waals surface area contributed by atoms with E-state index in [4.69, 9.17) is 17.0 Å². The number of carbonyl (C=O) groups is 2. The molecule has 1 aromatic heterocycles. The highest BCUT2D eigenvalue weighted by molar-refractivity contribution is 7.80. The molecule has 0 spiro atoms. The van der Waals surface area contributed by atoms with E-state index < -0.39 is 10.9 Å². The predicted molar refractivity (Wildman–Crippen MR) is 116 cm³/mol. The van der Waals surface area contributed by atoms with Crippen LogP contribution in [0, 0.1) is 24.0 Å². The lowest BCUT2D eigenvalue weighted by Crippen LogP contribution is -2.21. The van der Waals surface area contributed by atoms with Crippen LogP contribution in [-0.4, -0.2) is 48.0 Å². The Morgan fingerprint density at radius 1 is 1.24 bits per heavy atom. The first kappa shape index (κ1) is 22.2. The van der Waals surface area contributed by atoms with Crippen LogP contribution in [-0.2, 0) is 4.74 Å². The first-order chi connectivity index (χ1) is 13.6. The van der Waals surface area contributed by atoms with Gasteiger partial charge in [0.25, 0.3) is 11.6 Å². The highest BCUT2D eigenvalue weighted by Gasteiger charge is 2.26. The van der Waals surface area contributed by atoms with Gasteiger partial charge in [0.2, 0.25) is 0 Å². The molecule has 0 radical (unpaired) electrons. The highest BCUT2D eigenvalue weighted by atomic mass is 32.1. The number of methoxy groups -OCH3 is 1. The van der Waals surface area contributed by atoms with Crippen LogP contribution in [0.5, 0.6) is 0 Å². The minimum Gasteiger partial charge on any atom is -0.465 e. The van der Waals surface area contributed by atoms with E-state index in [0.717, 1.165) is 11.3 Å². The molecular formula is C18H20N4O5S2. The Morgan fingerprint density at radius 3 is 2.45 bits per heavy atom. The van der Waals surface area contributed by atoms with Gasteiger partial charge >= 0.3 is 5.97 Å². The number of ether oxygens (including phenoxy) is 1. The van der Waals surface area contributed by atoms with Crippen molar-refractivity contribution in [2.24, 2.45) is 0 Å². The van der Waals surface area contributed by atoms with Gasteiger partial charge in [0.1, 0.15) is 5.00 Å². The zero-order chi connectivity index (χ0) is 21.9. The van der Waals surface area contributed by atoms with Crippen LogP contribution in [0.2, 0.25) is 0 Å². The summed E-state index contributed by atoms with van der Waals surface area (Å²) in [7, 11) is 4.48. The van der Waals surface area contributed by atoms with Crippen LogP contribution in [0.4, 0.5) is 16.4 Å². The lowest BCUT2D eigenvalue weighted by Gasteiger charge is -2.11. The number of amides is 1. The average Bonchev–Trinajstić information content (AvgIpc) is 2.97. The third kappa shape index (κ3) is 4.87. The molecule has 11 heteroatoms. The molecule has 0 atom stereocenters. The quantitative estimate of drug-likeness (QED) is 0.316. The molecule has 0 aliphatic heterocycles. The first-order valence-electron chi connectivity index (χ1n) is 8.33. The third-order valence-electron chi connectivity index (χ3n) is 4.03. The molecule has 0 saturated heterocycles. The van der Waals surface area contributed by atoms with E-state index in [1.165, 1.54) is 18.1 Å². The molecule has 1 aromatic carbocycles. The lowest BCUT2D eigenvalue weighted by molar-refractivity contribution is -0.385.